The molecule has 17 heavy (non-hydrogen) atoms. The van der Waals surface area contributed by atoms with Crippen molar-refractivity contribution in [2.75, 3.05) is 13.7 Å². The molecular formula is C10H13ClN2O3S. The van der Waals surface area contributed by atoms with Crippen molar-refractivity contribution >= 4 is 21.6 Å². The summed E-state index contributed by atoms with van der Waals surface area (Å²) in [7, 11) is -2.26. The second kappa shape index (κ2) is 4.45. The van der Waals surface area contributed by atoms with Crippen LogP contribution in [0, 0.1) is 0 Å². The van der Waals surface area contributed by atoms with Gasteiger partial charge in [0.05, 0.1) is 6.61 Å². The maximum absolute atomic E-state index is 11.8. The summed E-state index contributed by atoms with van der Waals surface area (Å²) in [4.78, 5) is 0.0395. The zero-order chi connectivity index (χ0) is 12.6. The highest BCUT2D eigenvalue weighted by molar-refractivity contribution is 7.89. The summed E-state index contributed by atoms with van der Waals surface area (Å²) in [6.45, 7) is 0.405. The number of rotatable bonds is 2. The van der Waals surface area contributed by atoms with Crippen molar-refractivity contribution in [1.82, 2.24) is 4.72 Å². The lowest BCUT2D eigenvalue weighted by molar-refractivity contribution is 0.261. The van der Waals surface area contributed by atoms with Gasteiger partial charge in [0.1, 0.15) is 10.6 Å². The number of ether oxygens (including phenoxy) is 1. The first kappa shape index (κ1) is 12.6. The second-order valence-electron chi connectivity index (χ2n) is 3.77. The van der Waals surface area contributed by atoms with E-state index < -0.39 is 10.0 Å². The molecule has 1 atom stereocenters. The minimum atomic E-state index is -3.60. The Balaban J connectivity index is 2.69. The van der Waals surface area contributed by atoms with Gasteiger partial charge in [0, 0.05) is 23.0 Å². The molecule has 1 aromatic carbocycles. The third-order valence-corrected chi connectivity index (χ3v) is 4.32. The SMILES string of the molecule is CNS(=O)(=O)c1cc(Cl)cc2c1OCCC2N. The summed E-state index contributed by atoms with van der Waals surface area (Å²) in [5.74, 6) is 0.308. The van der Waals surface area contributed by atoms with Crippen LogP contribution >= 0.6 is 11.6 Å². The summed E-state index contributed by atoms with van der Waals surface area (Å²) in [5, 5.41) is 0.332. The molecule has 0 spiro atoms. The van der Waals surface area contributed by atoms with E-state index in [1.807, 2.05) is 0 Å². The Morgan fingerprint density at radius 2 is 2.24 bits per heavy atom. The van der Waals surface area contributed by atoms with Crippen LogP contribution in [0.5, 0.6) is 5.75 Å². The van der Waals surface area contributed by atoms with Gasteiger partial charge in [-0.3, -0.25) is 0 Å². The predicted octanol–water partition coefficient (Wildman–Crippen LogP) is 1.03. The van der Waals surface area contributed by atoms with Crippen LogP contribution in [0.15, 0.2) is 17.0 Å². The van der Waals surface area contributed by atoms with Crippen LogP contribution in [-0.4, -0.2) is 22.1 Å². The van der Waals surface area contributed by atoms with E-state index in [1.54, 1.807) is 6.07 Å². The van der Waals surface area contributed by atoms with E-state index in [9.17, 15) is 8.42 Å². The average Bonchev–Trinajstić information content (AvgIpc) is 2.29. The molecule has 1 heterocycles. The first-order chi connectivity index (χ1) is 7.95. The van der Waals surface area contributed by atoms with E-state index in [-0.39, 0.29) is 10.9 Å². The van der Waals surface area contributed by atoms with E-state index in [4.69, 9.17) is 22.1 Å². The highest BCUT2D eigenvalue weighted by atomic mass is 35.5. The smallest absolute Gasteiger partial charge is 0.244 e. The minimum absolute atomic E-state index is 0.0395. The molecule has 0 aliphatic carbocycles. The average molecular weight is 277 g/mol. The molecule has 0 amide bonds. The fourth-order valence-electron chi connectivity index (χ4n) is 1.77. The molecule has 1 aliphatic heterocycles. The number of halogens is 1. The van der Waals surface area contributed by atoms with Crippen molar-refractivity contribution in [2.45, 2.75) is 17.4 Å². The standard InChI is InChI=1S/C10H13ClN2O3S/c1-13-17(14,15)9-5-6(11)4-7-8(12)2-3-16-10(7)9/h4-5,8,13H,2-3,12H2,1H3. The van der Waals surface area contributed by atoms with Crippen molar-refractivity contribution in [3.05, 3.63) is 22.7 Å². The Morgan fingerprint density at radius 3 is 2.88 bits per heavy atom. The van der Waals surface area contributed by atoms with Crippen LogP contribution < -0.4 is 15.2 Å². The van der Waals surface area contributed by atoms with Gasteiger partial charge in [0.25, 0.3) is 0 Å². The molecule has 5 nitrogen and oxygen atoms in total. The molecular weight excluding hydrogens is 264 g/mol. The third-order valence-electron chi connectivity index (χ3n) is 2.68. The highest BCUT2D eigenvalue weighted by Crippen LogP contribution is 2.38. The number of fused-ring (bicyclic) bond motifs is 1. The van der Waals surface area contributed by atoms with E-state index >= 15 is 0 Å². The van der Waals surface area contributed by atoms with Gasteiger partial charge in [0.15, 0.2) is 0 Å². The summed E-state index contributed by atoms with van der Waals surface area (Å²) in [6.07, 6.45) is 0.645. The van der Waals surface area contributed by atoms with Crippen molar-refractivity contribution in [1.29, 1.82) is 0 Å². The van der Waals surface area contributed by atoms with Gasteiger partial charge in [-0.1, -0.05) is 11.6 Å². The van der Waals surface area contributed by atoms with Crippen molar-refractivity contribution in [3.63, 3.8) is 0 Å². The fourth-order valence-corrected chi connectivity index (χ4v) is 2.99. The number of benzene rings is 1. The van der Waals surface area contributed by atoms with Crippen LogP contribution in [0.1, 0.15) is 18.0 Å². The van der Waals surface area contributed by atoms with Crippen LogP contribution in [-0.2, 0) is 10.0 Å². The molecule has 94 valence electrons. The highest BCUT2D eigenvalue weighted by Gasteiger charge is 2.27. The number of nitrogens with one attached hydrogen (secondary N) is 1. The number of hydrogen-bond acceptors (Lipinski definition) is 4. The van der Waals surface area contributed by atoms with Crippen molar-refractivity contribution < 1.29 is 13.2 Å². The number of sulfonamides is 1. The molecule has 0 bridgehead atoms. The Morgan fingerprint density at radius 1 is 1.53 bits per heavy atom. The predicted molar refractivity (Wildman–Crippen MR) is 64.7 cm³/mol. The van der Waals surface area contributed by atoms with Gasteiger partial charge >= 0.3 is 0 Å². The molecule has 1 aromatic rings. The summed E-state index contributed by atoms with van der Waals surface area (Å²) in [5.41, 5.74) is 6.55. The lowest BCUT2D eigenvalue weighted by atomic mass is 10.0. The Kier molecular flexibility index (Phi) is 3.31. The normalized spacial score (nSPS) is 19.6. The maximum atomic E-state index is 11.8. The van der Waals surface area contributed by atoms with Crippen molar-refractivity contribution in [2.24, 2.45) is 5.73 Å². The molecule has 0 saturated carbocycles. The second-order valence-corrected chi connectivity index (χ2v) is 6.06. The first-order valence-corrected chi connectivity index (χ1v) is 6.97. The van der Waals surface area contributed by atoms with Crippen LogP contribution in [0.3, 0.4) is 0 Å². The summed E-state index contributed by atoms with van der Waals surface area (Å²) < 4.78 is 31.3. The van der Waals surface area contributed by atoms with Gasteiger partial charge in [0.2, 0.25) is 10.0 Å². The Labute approximate surface area is 105 Å². The Bertz CT molecular complexity index is 545. The number of nitrogens with two attached hydrogens (primary N) is 1. The fraction of sp³-hybridized carbons (Fsp3) is 0.400. The largest absolute Gasteiger partial charge is 0.492 e. The van der Waals surface area contributed by atoms with E-state index in [0.717, 1.165) is 0 Å². The van der Waals surface area contributed by atoms with E-state index in [2.05, 4.69) is 4.72 Å². The summed E-state index contributed by atoms with van der Waals surface area (Å²) in [6, 6.07) is 2.77. The molecule has 0 fully saturated rings. The number of hydrogen-bond donors (Lipinski definition) is 2. The maximum Gasteiger partial charge on any atom is 0.244 e. The molecule has 1 aliphatic rings. The lowest BCUT2D eigenvalue weighted by Crippen LogP contribution is -2.25. The molecule has 2 rings (SSSR count). The quantitative estimate of drug-likeness (QED) is 0.845. The van der Waals surface area contributed by atoms with Gasteiger partial charge < -0.3 is 10.5 Å². The van der Waals surface area contributed by atoms with Crippen LogP contribution in [0.2, 0.25) is 5.02 Å². The third kappa shape index (κ3) is 2.26. The molecule has 1 unspecified atom stereocenters. The summed E-state index contributed by atoms with van der Waals surface area (Å²) >= 11 is 5.91. The zero-order valence-electron chi connectivity index (χ0n) is 9.23. The zero-order valence-corrected chi connectivity index (χ0v) is 10.8. The molecule has 0 radical (unpaired) electrons. The van der Waals surface area contributed by atoms with Gasteiger partial charge in [-0.15, -0.1) is 0 Å². The molecule has 7 heteroatoms. The monoisotopic (exact) mass is 276 g/mol. The Hall–Kier alpha value is -0.820. The lowest BCUT2D eigenvalue weighted by Gasteiger charge is -2.25. The topological polar surface area (TPSA) is 81.4 Å². The van der Waals surface area contributed by atoms with Crippen LogP contribution in [0.4, 0.5) is 0 Å². The van der Waals surface area contributed by atoms with Gasteiger partial charge in [-0.2, -0.15) is 0 Å². The van der Waals surface area contributed by atoms with E-state index in [0.29, 0.717) is 29.4 Å². The van der Waals surface area contributed by atoms with Gasteiger partial charge in [-0.05, 0) is 19.2 Å². The minimum Gasteiger partial charge on any atom is -0.492 e. The molecule has 0 saturated heterocycles. The molecule has 3 N–H and O–H groups in total. The van der Waals surface area contributed by atoms with Crippen molar-refractivity contribution in [3.8, 4) is 5.75 Å². The van der Waals surface area contributed by atoms with E-state index in [1.165, 1.54) is 13.1 Å². The van der Waals surface area contributed by atoms with Gasteiger partial charge in [-0.25, -0.2) is 13.1 Å². The molecule has 0 aromatic heterocycles. The van der Waals surface area contributed by atoms with Crippen LogP contribution in [0.25, 0.3) is 0 Å². The first-order valence-electron chi connectivity index (χ1n) is 5.11.